The van der Waals surface area contributed by atoms with Gasteiger partial charge in [0, 0.05) is 10.9 Å². The van der Waals surface area contributed by atoms with Crippen molar-refractivity contribution in [3.63, 3.8) is 0 Å². The molecule has 0 fully saturated rings. The van der Waals surface area contributed by atoms with E-state index in [4.69, 9.17) is 11.6 Å². The maximum absolute atomic E-state index is 11.4. The summed E-state index contributed by atoms with van der Waals surface area (Å²) in [4.78, 5) is 21.2. The molecule has 0 atom stereocenters. The summed E-state index contributed by atoms with van der Waals surface area (Å²) >= 11 is 6.58. The van der Waals surface area contributed by atoms with E-state index in [0.717, 1.165) is 22.0 Å². The SMILES string of the molecule is Cc1ccc(-c2ccc3nc4[nH]c(=O)[nH]c4cc3c2Cl)cc1. The van der Waals surface area contributed by atoms with Crippen LogP contribution in [-0.2, 0) is 0 Å². The molecule has 0 aliphatic heterocycles. The van der Waals surface area contributed by atoms with Crippen LogP contribution in [0.2, 0.25) is 5.02 Å². The van der Waals surface area contributed by atoms with Gasteiger partial charge in [0.25, 0.3) is 0 Å². The van der Waals surface area contributed by atoms with E-state index in [-0.39, 0.29) is 5.69 Å². The molecule has 2 aromatic carbocycles. The maximum Gasteiger partial charge on any atom is 0.325 e. The van der Waals surface area contributed by atoms with E-state index in [1.54, 1.807) is 0 Å². The van der Waals surface area contributed by atoms with Crippen molar-refractivity contribution in [3.8, 4) is 11.1 Å². The quantitative estimate of drug-likeness (QED) is 0.557. The Labute approximate surface area is 130 Å². The Kier molecular flexibility index (Phi) is 2.81. The smallest absolute Gasteiger partial charge is 0.304 e. The number of nitrogens with zero attached hydrogens (tertiary/aromatic N) is 1. The lowest BCUT2D eigenvalue weighted by atomic mass is 10.0. The molecular weight excluding hydrogens is 298 g/mol. The lowest BCUT2D eigenvalue weighted by Crippen LogP contribution is -1.99. The third-order valence-corrected chi connectivity index (χ3v) is 4.18. The molecule has 0 saturated carbocycles. The molecule has 4 aromatic rings. The van der Waals surface area contributed by atoms with Crippen molar-refractivity contribution in [2.45, 2.75) is 6.92 Å². The van der Waals surface area contributed by atoms with Crippen molar-refractivity contribution >= 4 is 33.7 Å². The number of imidazole rings is 1. The zero-order valence-corrected chi connectivity index (χ0v) is 12.5. The summed E-state index contributed by atoms with van der Waals surface area (Å²) in [6.07, 6.45) is 0. The molecule has 0 saturated heterocycles. The second kappa shape index (κ2) is 4.71. The lowest BCUT2D eigenvalue weighted by molar-refractivity contribution is 1.20. The van der Waals surface area contributed by atoms with E-state index in [1.165, 1.54) is 5.56 Å². The van der Waals surface area contributed by atoms with Crippen molar-refractivity contribution in [2.24, 2.45) is 0 Å². The van der Waals surface area contributed by atoms with E-state index in [9.17, 15) is 4.79 Å². The predicted molar refractivity (Wildman–Crippen MR) is 89.4 cm³/mol. The molecule has 2 heterocycles. The summed E-state index contributed by atoms with van der Waals surface area (Å²) in [6, 6.07) is 13.9. The zero-order valence-electron chi connectivity index (χ0n) is 11.8. The standard InChI is InChI=1S/C17H12ClN3O/c1-9-2-4-10(5-3-9)11-6-7-13-12(15(11)18)8-14-16(19-13)21-17(22)20-14/h2-8H,1H3,(H2,19,20,21,22). The molecule has 0 radical (unpaired) electrons. The lowest BCUT2D eigenvalue weighted by Gasteiger charge is -2.08. The largest absolute Gasteiger partial charge is 0.325 e. The first-order valence-corrected chi connectivity index (χ1v) is 7.28. The number of fused-ring (bicyclic) bond motifs is 2. The Hall–Kier alpha value is -2.59. The number of benzene rings is 2. The average Bonchev–Trinajstić information content (AvgIpc) is 2.86. The highest BCUT2D eigenvalue weighted by molar-refractivity contribution is 6.38. The number of aryl methyl sites for hydroxylation is 1. The van der Waals surface area contributed by atoms with Crippen molar-refractivity contribution in [1.82, 2.24) is 15.0 Å². The minimum Gasteiger partial charge on any atom is -0.304 e. The predicted octanol–water partition coefficient (Wildman–Crippen LogP) is 4.03. The number of pyridine rings is 1. The molecular formula is C17H12ClN3O. The van der Waals surface area contributed by atoms with Crippen LogP contribution in [0.4, 0.5) is 0 Å². The fourth-order valence-electron chi connectivity index (χ4n) is 2.62. The zero-order chi connectivity index (χ0) is 15.3. The number of aromatic amines is 2. The molecule has 0 amide bonds. The van der Waals surface area contributed by atoms with Gasteiger partial charge in [-0.3, -0.25) is 4.98 Å². The van der Waals surface area contributed by atoms with E-state index < -0.39 is 0 Å². The number of nitrogens with one attached hydrogen (secondary N) is 2. The van der Waals surface area contributed by atoms with Gasteiger partial charge in [-0.15, -0.1) is 0 Å². The maximum atomic E-state index is 11.4. The number of aromatic nitrogens is 3. The molecule has 2 aromatic heterocycles. The molecule has 0 aliphatic carbocycles. The Morgan fingerprint density at radius 1 is 1.05 bits per heavy atom. The van der Waals surface area contributed by atoms with Crippen LogP contribution in [0.1, 0.15) is 5.56 Å². The third-order valence-electron chi connectivity index (χ3n) is 3.78. The van der Waals surface area contributed by atoms with E-state index in [0.29, 0.717) is 16.2 Å². The minimum absolute atomic E-state index is 0.271. The molecule has 0 aliphatic rings. The molecule has 108 valence electrons. The Balaban J connectivity index is 2.01. The number of rotatable bonds is 1. The van der Waals surface area contributed by atoms with E-state index >= 15 is 0 Å². The Bertz CT molecular complexity index is 1060. The van der Waals surface area contributed by atoms with Gasteiger partial charge >= 0.3 is 5.69 Å². The highest BCUT2D eigenvalue weighted by Crippen LogP contribution is 2.34. The summed E-state index contributed by atoms with van der Waals surface area (Å²) in [5.74, 6) is 0. The highest BCUT2D eigenvalue weighted by atomic mass is 35.5. The van der Waals surface area contributed by atoms with Crippen LogP contribution in [0.3, 0.4) is 0 Å². The number of hydrogen-bond acceptors (Lipinski definition) is 2. The van der Waals surface area contributed by atoms with E-state index in [2.05, 4.69) is 34.0 Å². The first-order chi connectivity index (χ1) is 10.6. The van der Waals surface area contributed by atoms with Gasteiger partial charge in [0.1, 0.15) is 0 Å². The average molecular weight is 310 g/mol. The molecule has 2 N–H and O–H groups in total. The third kappa shape index (κ3) is 2.00. The molecule has 4 nitrogen and oxygen atoms in total. The van der Waals surface area contributed by atoms with Crippen LogP contribution in [0.5, 0.6) is 0 Å². The summed E-state index contributed by atoms with van der Waals surface area (Å²) in [7, 11) is 0. The second-order valence-corrected chi connectivity index (χ2v) is 5.70. The Morgan fingerprint density at radius 3 is 2.59 bits per heavy atom. The monoisotopic (exact) mass is 309 g/mol. The number of H-pyrrole nitrogens is 2. The molecule has 4 rings (SSSR count). The summed E-state index contributed by atoms with van der Waals surface area (Å²) in [6.45, 7) is 2.05. The number of halogens is 1. The summed E-state index contributed by atoms with van der Waals surface area (Å²) < 4.78 is 0. The van der Waals surface area contributed by atoms with Gasteiger partial charge < -0.3 is 4.98 Å². The van der Waals surface area contributed by atoms with Crippen LogP contribution in [-0.4, -0.2) is 15.0 Å². The van der Waals surface area contributed by atoms with Crippen LogP contribution >= 0.6 is 11.6 Å². The van der Waals surface area contributed by atoms with Crippen molar-refractivity contribution in [2.75, 3.05) is 0 Å². The van der Waals surface area contributed by atoms with Crippen LogP contribution < -0.4 is 5.69 Å². The summed E-state index contributed by atoms with van der Waals surface area (Å²) in [5.41, 5.74) is 4.88. The van der Waals surface area contributed by atoms with Gasteiger partial charge in [0.2, 0.25) is 0 Å². The second-order valence-electron chi connectivity index (χ2n) is 5.32. The van der Waals surface area contributed by atoms with Gasteiger partial charge in [0.15, 0.2) is 5.65 Å². The van der Waals surface area contributed by atoms with Gasteiger partial charge in [-0.2, -0.15) is 0 Å². The van der Waals surface area contributed by atoms with Crippen LogP contribution in [0.25, 0.3) is 33.2 Å². The first kappa shape index (κ1) is 13.1. The topological polar surface area (TPSA) is 61.5 Å². The van der Waals surface area contributed by atoms with Crippen molar-refractivity contribution in [3.05, 3.63) is 63.5 Å². The van der Waals surface area contributed by atoms with E-state index in [1.807, 2.05) is 30.3 Å². The summed E-state index contributed by atoms with van der Waals surface area (Å²) in [5, 5.41) is 1.46. The van der Waals surface area contributed by atoms with Crippen molar-refractivity contribution < 1.29 is 0 Å². The normalized spacial score (nSPS) is 11.4. The van der Waals surface area contributed by atoms with Crippen LogP contribution in [0.15, 0.2) is 47.3 Å². The first-order valence-electron chi connectivity index (χ1n) is 6.90. The van der Waals surface area contributed by atoms with Crippen molar-refractivity contribution in [1.29, 1.82) is 0 Å². The number of hydrogen-bond donors (Lipinski definition) is 2. The van der Waals surface area contributed by atoms with Gasteiger partial charge in [0.05, 0.1) is 16.1 Å². The minimum atomic E-state index is -0.271. The van der Waals surface area contributed by atoms with Gasteiger partial charge in [-0.1, -0.05) is 47.5 Å². The molecule has 0 spiro atoms. The molecule has 5 heteroatoms. The molecule has 0 unspecified atom stereocenters. The van der Waals surface area contributed by atoms with Gasteiger partial charge in [-0.25, -0.2) is 9.78 Å². The molecule has 22 heavy (non-hydrogen) atoms. The molecule has 0 bridgehead atoms. The fraction of sp³-hybridized carbons (Fsp3) is 0.0588. The highest BCUT2D eigenvalue weighted by Gasteiger charge is 2.11. The van der Waals surface area contributed by atoms with Crippen LogP contribution in [0, 0.1) is 6.92 Å². The van der Waals surface area contributed by atoms with Gasteiger partial charge in [-0.05, 0) is 24.6 Å². The fourth-order valence-corrected chi connectivity index (χ4v) is 2.94. The Morgan fingerprint density at radius 2 is 1.82 bits per heavy atom.